The zero-order chi connectivity index (χ0) is 18.0. The van der Waals surface area contributed by atoms with Crippen LogP contribution in [0.1, 0.15) is 59.8 Å². The van der Waals surface area contributed by atoms with Crippen molar-refractivity contribution in [1.82, 2.24) is 0 Å². The second kappa shape index (κ2) is 6.14. The predicted molar refractivity (Wildman–Crippen MR) is 89.7 cm³/mol. The monoisotopic (exact) mass is 356 g/mol. The molecule has 2 aliphatic heterocycles. The number of ether oxygens (including phenoxy) is 4. The number of rotatable bonds is 2. The summed E-state index contributed by atoms with van der Waals surface area (Å²) in [7, 11) is 0. The standard InChI is InChI=1S/C19H32O6/c1-10(2)19(11(3)4)24-16-12(20)14-15(13(21)17(16)25-19)23-18(22-14)8-6-5-7-9-18/h10-17,20-21H,5-9H2,1-4H3/t12-,13-,14-,15-,16-,17+/m0/s1. The number of fused-ring (bicyclic) bond motifs is 2. The van der Waals surface area contributed by atoms with Gasteiger partial charge in [-0.1, -0.05) is 34.1 Å². The highest BCUT2D eigenvalue weighted by Crippen LogP contribution is 2.50. The van der Waals surface area contributed by atoms with Gasteiger partial charge in [0.2, 0.25) is 0 Å². The zero-order valence-corrected chi connectivity index (χ0v) is 15.7. The van der Waals surface area contributed by atoms with Crippen LogP contribution in [0.4, 0.5) is 0 Å². The molecule has 4 fully saturated rings. The maximum atomic E-state index is 11.0. The Balaban J connectivity index is 1.59. The highest BCUT2D eigenvalue weighted by Gasteiger charge is 2.66. The molecule has 6 atom stereocenters. The summed E-state index contributed by atoms with van der Waals surface area (Å²) < 4.78 is 25.0. The second-order valence-electron chi connectivity index (χ2n) is 8.81. The van der Waals surface area contributed by atoms with Crippen molar-refractivity contribution in [2.24, 2.45) is 11.8 Å². The van der Waals surface area contributed by atoms with E-state index in [0.29, 0.717) is 0 Å². The first-order valence-electron chi connectivity index (χ1n) is 9.87. The summed E-state index contributed by atoms with van der Waals surface area (Å²) >= 11 is 0. The Kier molecular flexibility index (Phi) is 4.46. The topological polar surface area (TPSA) is 77.4 Å². The van der Waals surface area contributed by atoms with Gasteiger partial charge in [0, 0.05) is 24.7 Å². The highest BCUT2D eigenvalue weighted by atomic mass is 16.8. The first-order valence-corrected chi connectivity index (χ1v) is 9.87. The van der Waals surface area contributed by atoms with E-state index in [0.717, 1.165) is 25.7 Å². The molecule has 2 N–H and O–H groups in total. The lowest BCUT2D eigenvalue weighted by molar-refractivity contribution is -0.247. The van der Waals surface area contributed by atoms with E-state index in [4.69, 9.17) is 18.9 Å². The van der Waals surface area contributed by atoms with Gasteiger partial charge in [0.05, 0.1) is 0 Å². The molecule has 0 bridgehead atoms. The summed E-state index contributed by atoms with van der Waals surface area (Å²) in [6.45, 7) is 8.17. The van der Waals surface area contributed by atoms with Crippen LogP contribution in [-0.4, -0.2) is 58.4 Å². The molecule has 6 nitrogen and oxygen atoms in total. The summed E-state index contributed by atoms with van der Waals surface area (Å²) in [6.07, 6.45) is 0.880. The molecule has 0 aromatic rings. The second-order valence-corrected chi connectivity index (χ2v) is 8.81. The predicted octanol–water partition coefficient (Wildman–Crippen LogP) is 1.96. The van der Waals surface area contributed by atoms with E-state index in [1.807, 2.05) is 27.7 Å². The maximum Gasteiger partial charge on any atom is 0.174 e. The van der Waals surface area contributed by atoms with Gasteiger partial charge in [0.15, 0.2) is 11.6 Å². The van der Waals surface area contributed by atoms with Gasteiger partial charge in [-0.2, -0.15) is 0 Å². The number of hydrogen-bond donors (Lipinski definition) is 2. The minimum Gasteiger partial charge on any atom is -0.387 e. The van der Waals surface area contributed by atoms with Gasteiger partial charge in [-0.15, -0.1) is 0 Å². The van der Waals surface area contributed by atoms with E-state index >= 15 is 0 Å². The lowest BCUT2D eigenvalue weighted by Crippen LogP contribution is -2.61. The number of aliphatic hydroxyl groups excluding tert-OH is 2. The van der Waals surface area contributed by atoms with E-state index in [9.17, 15) is 10.2 Å². The quantitative estimate of drug-likeness (QED) is 0.788. The number of hydrogen-bond acceptors (Lipinski definition) is 6. The molecule has 2 heterocycles. The zero-order valence-electron chi connectivity index (χ0n) is 15.7. The Morgan fingerprint density at radius 3 is 1.48 bits per heavy atom. The van der Waals surface area contributed by atoms with Gasteiger partial charge in [-0.05, 0) is 12.8 Å². The summed E-state index contributed by atoms with van der Waals surface area (Å²) in [5.41, 5.74) is 0. The summed E-state index contributed by atoms with van der Waals surface area (Å²) in [4.78, 5) is 0. The molecule has 0 aromatic heterocycles. The maximum absolute atomic E-state index is 11.0. The van der Waals surface area contributed by atoms with Gasteiger partial charge < -0.3 is 29.2 Å². The fourth-order valence-electron chi connectivity index (χ4n) is 5.21. The van der Waals surface area contributed by atoms with Crippen LogP contribution in [0, 0.1) is 11.8 Å². The van der Waals surface area contributed by atoms with Crippen LogP contribution in [0.5, 0.6) is 0 Å². The van der Waals surface area contributed by atoms with Crippen LogP contribution in [0.25, 0.3) is 0 Å². The lowest BCUT2D eigenvalue weighted by Gasteiger charge is -2.38. The molecule has 6 heteroatoms. The van der Waals surface area contributed by atoms with Crippen LogP contribution in [0.2, 0.25) is 0 Å². The molecule has 0 amide bonds. The average molecular weight is 356 g/mol. The molecular weight excluding hydrogens is 324 g/mol. The SMILES string of the molecule is CC(C)C1(C(C)C)O[C@@H]2[C@@H](O)[C@@H]3OC4(CCCCC4)O[C@H]3[C@H](O)[C@@H]2O1. The van der Waals surface area contributed by atoms with Crippen LogP contribution >= 0.6 is 0 Å². The third-order valence-corrected chi connectivity index (χ3v) is 6.56. The van der Waals surface area contributed by atoms with Gasteiger partial charge in [0.25, 0.3) is 0 Å². The molecule has 0 radical (unpaired) electrons. The summed E-state index contributed by atoms with van der Waals surface area (Å²) in [6, 6.07) is 0. The van der Waals surface area contributed by atoms with Crippen LogP contribution < -0.4 is 0 Å². The molecule has 4 aliphatic rings. The van der Waals surface area contributed by atoms with Crippen molar-refractivity contribution >= 4 is 0 Å². The Labute approximate surface area is 149 Å². The van der Waals surface area contributed by atoms with Crippen LogP contribution in [0.3, 0.4) is 0 Å². The first kappa shape index (κ1) is 18.1. The van der Waals surface area contributed by atoms with Crippen molar-refractivity contribution in [1.29, 1.82) is 0 Å². The summed E-state index contributed by atoms with van der Waals surface area (Å²) in [5.74, 6) is -1.26. The van der Waals surface area contributed by atoms with Gasteiger partial charge in [-0.25, -0.2) is 0 Å². The first-order chi connectivity index (χ1) is 11.8. The molecule has 2 saturated carbocycles. The molecule has 4 rings (SSSR count). The molecule has 2 saturated heterocycles. The molecule has 1 spiro atoms. The van der Waals surface area contributed by atoms with Crippen LogP contribution in [-0.2, 0) is 18.9 Å². The third kappa shape index (κ3) is 2.60. The van der Waals surface area contributed by atoms with Gasteiger partial charge in [-0.3, -0.25) is 0 Å². The van der Waals surface area contributed by atoms with E-state index in [1.165, 1.54) is 6.42 Å². The molecular formula is C19H32O6. The Morgan fingerprint density at radius 2 is 1.08 bits per heavy atom. The van der Waals surface area contributed by atoms with E-state index < -0.39 is 48.2 Å². The highest BCUT2D eigenvalue weighted by molar-refractivity contribution is 5.09. The van der Waals surface area contributed by atoms with Gasteiger partial charge in [0.1, 0.15) is 36.6 Å². The fourth-order valence-corrected chi connectivity index (χ4v) is 5.21. The third-order valence-electron chi connectivity index (χ3n) is 6.56. The Bertz CT molecular complexity index is 462. The van der Waals surface area contributed by atoms with Crippen molar-refractivity contribution in [3.8, 4) is 0 Å². The van der Waals surface area contributed by atoms with Crippen LogP contribution in [0.15, 0.2) is 0 Å². The van der Waals surface area contributed by atoms with E-state index in [-0.39, 0.29) is 11.8 Å². The normalized spacial score (nSPS) is 45.1. The van der Waals surface area contributed by atoms with Crippen molar-refractivity contribution in [3.63, 3.8) is 0 Å². The largest absolute Gasteiger partial charge is 0.387 e. The smallest absolute Gasteiger partial charge is 0.174 e. The van der Waals surface area contributed by atoms with Crippen molar-refractivity contribution < 1.29 is 29.2 Å². The minimum atomic E-state index is -0.862. The molecule has 0 unspecified atom stereocenters. The molecule has 144 valence electrons. The summed E-state index contributed by atoms with van der Waals surface area (Å²) in [5, 5.41) is 21.9. The molecule has 0 aromatic carbocycles. The molecule has 25 heavy (non-hydrogen) atoms. The lowest BCUT2D eigenvalue weighted by atomic mass is 9.85. The van der Waals surface area contributed by atoms with E-state index in [1.54, 1.807) is 0 Å². The van der Waals surface area contributed by atoms with Crippen molar-refractivity contribution in [2.75, 3.05) is 0 Å². The average Bonchev–Trinajstić information content (AvgIpc) is 3.15. The number of aliphatic hydroxyl groups is 2. The van der Waals surface area contributed by atoms with E-state index in [2.05, 4.69) is 0 Å². The van der Waals surface area contributed by atoms with Crippen molar-refractivity contribution in [3.05, 3.63) is 0 Å². The molecule has 2 aliphatic carbocycles. The Hall–Kier alpha value is -0.240. The fraction of sp³-hybridized carbons (Fsp3) is 1.00. The minimum absolute atomic E-state index is 0.101. The Morgan fingerprint density at radius 1 is 0.680 bits per heavy atom. The van der Waals surface area contributed by atoms with Gasteiger partial charge >= 0.3 is 0 Å². The van der Waals surface area contributed by atoms with Crippen molar-refractivity contribution in [2.45, 2.75) is 108 Å².